The quantitative estimate of drug-likeness (QED) is 0.721. The van der Waals surface area contributed by atoms with Crippen LogP contribution in [0.3, 0.4) is 0 Å². The summed E-state index contributed by atoms with van der Waals surface area (Å²) in [6.45, 7) is 0.366. The normalized spacial score (nSPS) is 10.4. The van der Waals surface area contributed by atoms with Crippen molar-refractivity contribution < 1.29 is 9.13 Å². The largest absolute Gasteiger partial charge is 0.489 e. The first-order valence-electron chi connectivity index (χ1n) is 5.41. The molecular formula is C14H11BrClFO. The number of ether oxygens (including phenoxy) is 1. The summed E-state index contributed by atoms with van der Waals surface area (Å²) in [5.41, 5.74) is 1.69. The van der Waals surface area contributed by atoms with E-state index in [0.29, 0.717) is 22.7 Å². The lowest BCUT2D eigenvalue weighted by Crippen LogP contribution is -1.98. The summed E-state index contributed by atoms with van der Waals surface area (Å²) < 4.78 is 18.7. The average Bonchev–Trinajstić information content (AvgIpc) is 2.39. The van der Waals surface area contributed by atoms with E-state index in [1.807, 2.05) is 24.3 Å². The highest BCUT2D eigenvalue weighted by Gasteiger charge is 2.06. The molecule has 0 bridgehead atoms. The van der Waals surface area contributed by atoms with Crippen LogP contribution in [-0.2, 0) is 11.9 Å². The highest BCUT2D eigenvalue weighted by Crippen LogP contribution is 2.24. The fourth-order valence-electron chi connectivity index (χ4n) is 1.56. The number of rotatable bonds is 4. The molecule has 0 N–H and O–H groups in total. The van der Waals surface area contributed by atoms with Crippen LogP contribution in [-0.4, -0.2) is 0 Å². The van der Waals surface area contributed by atoms with E-state index in [-0.39, 0.29) is 5.82 Å². The first-order valence-corrected chi connectivity index (χ1v) is 6.91. The molecule has 0 amide bonds. The van der Waals surface area contributed by atoms with Gasteiger partial charge in [-0.05, 0) is 24.3 Å². The zero-order valence-corrected chi connectivity index (χ0v) is 11.8. The van der Waals surface area contributed by atoms with Gasteiger partial charge in [-0.2, -0.15) is 0 Å². The zero-order valence-electron chi connectivity index (χ0n) is 9.50. The van der Waals surface area contributed by atoms with Gasteiger partial charge < -0.3 is 4.74 Å². The summed E-state index contributed by atoms with van der Waals surface area (Å²) in [6, 6.07) is 12.0. The van der Waals surface area contributed by atoms with Crippen molar-refractivity contribution in [1.29, 1.82) is 0 Å². The molecule has 0 atom stereocenters. The molecule has 0 unspecified atom stereocenters. The fraction of sp³-hybridized carbons (Fsp3) is 0.143. The van der Waals surface area contributed by atoms with Gasteiger partial charge in [0.2, 0.25) is 0 Å². The lowest BCUT2D eigenvalue weighted by atomic mass is 10.2. The maximum atomic E-state index is 13.1. The first kappa shape index (κ1) is 13.4. The molecule has 0 aliphatic carbocycles. The van der Waals surface area contributed by atoms with Gasteiger partial charge in [0.1, 0.15) is 18.2 Å². The van der Waals surface area contributed by atoms with Crippen molar-refractivity contribution in [3.8, 4) is 5.75 Å². The second-order valence-corrected chi connectivity index (χ2v) is 4.73. The van der Waals surface area contributed by atoms with Gasteiger partial charge in [-0.25, -0.2) is 4.39 Å². The van der Waals surface area contributed by atoms with Crippen LogP contribution in [0.1, 0.15) is 11.1 Å². The van der Waals surface area contributed by atoms with E-state index in [4.69, 9.17) is 16.3 Å². The van der Waals surface area contributed by atoms with Gasteiger partial charge in [0.05, 0.1) is 0 Å². The Morgan fingerprint density at radius 1 is 1.11 bits per heavy atom. The van der Waals surface area contributed by atoms with Gasteiger partial charge >= 0.3 is 0 Å². The second kappa shape index (κ2) is 6.21. The van der Waals surface area contributed by atoms with Crippen LogP contribution in [0.25, 0.3) is 0 Å². The Labute approximate surface area is 119 Å². The van der Waals surface area contributed by atoms with Crippen molar-refractivity contribution in [3.63, 3.8) is 0 Å². The van der Waals surface area contributed by atoms with Crippen LogP contribution in [0.5, 0.6) is 5.75 Å². The van der Waals surface area contributed by atoms with E-state index in [9.17, 15) is 4.39 Å². The molecule has 0 saturated heterocycles. The number of hydrogen-bond donors (Lipinski definition) is 0. The third-order valence-electron chi connectivity index (χ3n) is 2.51. The molecule has 2 aromatic rings. The molecule has 4 heteroatoms. The zero-order chi connectivity index (χ0) is 13.0. The van der Waals surface area contributed by atoms with Crippen LogP contribution in [0.15, 0.2) is 42.5 Å². The Morgan fingerprint density at radius 3 is 2.61 bits per heavy atom. The summed E-state index contributed by atoms with van der Waals surface area (Å²) in [5, 5.41) is 1.21. The molecule has 2 rings (SSSR count). The molecule has 0 fully saturated rings. The smallest absolute Gasteiger partial charge is 0.124 e. The average molecular weight is 330 g/mol. The molecule has 18 heavy (non-hydrogen) atoms. The molecule has 0 aliphatic rings. The molecule has 0 aliphatic heterocycles. The lowest BCUT2D eigenvalue weighted by Gasteiger charge is -2.11. The maximum Gasteiger partial charge on any atom is 0.124 e. The molecular weight excluding hydrogens is 319 g/mol. The number of halogens is 3. The van der Waals surface area contributed by atoms with E-state index in [2.05, 4.69) is 15.9 Å². The Hall–Kier alpha value is -1.06. The number of alkyl halides is 1. The van der Waals surface area contributed by atoms with Gasteiger partial charge in [0.15, 0.2) is 0 Å². The van der Waals surface area contributed by atoms with E-state index in [1.165, 1.54) is 12.1 Å². The minimum absolute atomic E-state index is 0.269. The third-order valence-corrected chi connectivity index (χ3v) is 3.48. The number of hydrogen-bond acceptors (Lipinski definition) is 1. The van der Waals surface area contributed by atoms with Gasteiger partial charge in [0, 0.05) is 21.5 Å². The van der Waals surface area contributed by atoms with Crippen LogP contribution < -0.4 is 4.74 Å². The molecule has 0 radical (unpaired) electrons. The molecule has 94 valence electrons. The van der Waals surface area contributed by atoms with Crippen LogP contribution >= 0.6 is 27.5 Å². The van der Waals surface area contributed by atoms with Crippen molar-refractivity contribution >= 4 is 27.5 Å². The second-order valence-electron chi connectivity index (χ2n) is 3.77. The summed E-state index contributed by atoms with van der Waals surface area (Å²) in [7, 11) is 0. The van der Waals surface area contributed by atoms with E-state index in [1.54, 1.807) is 6.07 Å². The van der Waals surface area contributed by atoms with Crippen molar-refractivity contribution in [3.05, 3.63) is 64.4 Å². The number of benzene rings is 2. The van der Waals surface area contributed by atoms with E-state index in [0.717, 1.165) is 11.1 Å². The summed E-state index contributed by atoms with van der Waals surface area (Å²) >= 11 is 9.35. The minimum atomic E-state index is -0.269. The Kier molecular flexibility index (Phi) is 4.61. The predicted molar refractivity (Wildman–Crippen MR) is 74.8 cm³/mol. The van der Waals surface area contributed by atoms with Crippen molar-refractivity contribution in [2.24, 2.45) is 0 Å². The van der Waals surface area contributed by atoms with Crippen LogP contribution in [0, 0.1) is 5.82 Å². The van der Waals surface area contributed by atoms with Gasteiger partial charge in [-0.15, -0.1) is 0 Å². The summed E-state index contributed by atoms with van der Waals surface area (Å²) in [5.74, 6) is 0.391. The van der Waals surface area contributed by atoms with E-state index >= 15 is 0 Å². The molecule has 1 nitrogen and oxygen atoms in total. The Balaban J connectivity index is 2.13. The highest BCUT2D eigenvalue weighted by molar-refractivity contribution is 9.08. The van der Waals surface area contributed by atoms with Crippen molar-refractivity contribution in [1.82, 2.24) is 0 Å². The molecule has 0 heterocycles. The Bertz CT molecular complexity index is 545. The van der Waals surface area contributed by atoms with E-state index < -0.39 is 0 Å². The highest BCUT2D eigenvalue weighted by atomic mass is 79.9. The Morgan fingerprint density at radius 2 is 1.89 bits per heavy atom. The third kappa shape index (κ3) is 3.24. The van der Waals surface area contributed by atoms with Gasteiger partial charge in [-0.1, -0.05) is 45.7 Å². The maximum absolute atomic E-state index is 13.1. The standard InChI is InChI=1S/C14H11BrClFO/c15-8-11-7-12(17)5-6-14(11)18-9-10-3-1-2-4-13(10)16/h1-7H,8-9H2. The van der Waals surface area contributed by atoms with Crippen molar-refractivity contribution in [2.75, 3.05) is 0 Å². The first-order chi connectivity index (χ1) is 8.70. The minimum Gasteiger partial charge on any atom is -0.489 e. The topological polar surface area (TPSA) is 9.23 Å². The molecule has 0 spiro atoms. The summed E-state index contributed by atoms with van der Waals surface area (Å²) in [4.78, 5) is 0. The molecule has 2 aromatic carbocycles. The van der Waals surface area contributed by atoms with Crippen LogP contribution in [0.4, 0.5) is 4.39 Å². The summed E-state index contributed by atoms with van der Waals surface area (Å²) in [6.07, 6.45) is 0. The van der Waals surface area contributed by atoms with Gasteiger partial charge in [0.25, 0.3) is 0 Å². The van der Waals surface area contributed by atoms with Crippen molar-refractivity contribution in [2.45, 2.75) is 11.9 Å². The fourth-order valence-corrected chi connectivity index (χ4v) is 2.19. The predicted octanol–water partition coefficient (Wildman–Crippen LogP) is 4.95. The molecule has 0 saturated carbocycles. The van der Waals surface area contributed by atoms with Crippen LogP contribution in [0.2, 0.25) is 5.02 Å². The van der Waals surface area contributed by atoms with Gasteiger partial charge in [-0.3, -0.25) is 0 Å². The monoisotopic (exact) mass is 328 g/mol. The lowest BCUT2D eigenvalue weighted by molar-refractivity contribution is 0.303. The molecule has 0 aromatic heterocycles. The SMILES string of the molecule is Fc1ccc(OCc2ccccc2Cl)c(CBr)c1.